The van der Waals surface area contributed by atoms with Gasteiger partial charge in [-0.3, -0.25) is 4.98 Å². The number of anilines is 2. The van der Waals surface area contributed by atoms with Crippen molar-refractivity contribution in [1.29, 1.82) is 0 Å². The maximum Gasteiger partial charge on any atom is 0.339 e. The average Bonchev–Trinajstić information content (AvgIpc) is 3.22. The lowest BCUT2D eigenvalue weighted by atomic mass is 9.87. The highest BCUT2D eigenvalue weighted by molar-refractivity contribution is 7.87. The first-order valence-corrected chi connectivity index (χ1v) is 12.3. The summed E-state index contributed by atoms with van der Waals surface area (Å²) in [5.41, 5.74) is 3.22. The van der Waals surface area contributed by atoms with Gasteiger partial charge in [-0.15, -0.1) is 11.3 Å². The Morgan fingerprint density at radius 1 is 0.938 bits per heavy atom. The molecule has 0 aliphatic carbocycles. The summed E-state index contributed by atoms with van der Waals surface area (Å²) in [6.45, 7) is 6.23. The monoisotopic (exact) mass is 465 g/mol. The highest BCUT2D eigenvalue weighted by Crippen LogP contribution is 2.29. The summed E-state index contributed by atoms with van der Waals surface area (Å²) in [5.74, 6) is 0.219. The number of hydrogen-bond donors (Lipinski definition) is 1. The van der Waals surface area contributed by atoms with Crippen LogP contribution < -0.4 is 9.50 Å². The lowest BCUT2D eigenvalue weighted by Crippen LogP contribution is -2.13. The molecule has 32 heavy (non-hydrogen) atoms. The van der Waals surface area contributed by atoms with Gasteiger partial charge in [-0.2, -0.15) is 8.42 Å². The van der Waals surface area contributed by atoms with E-state index in [9.17, 15) is 8.42 Å². The van der Waals surface area contributed by atoms with Gasteiger partial charge in [-0.25, -0.2) is 4.98 Å². The van der Waals surface area contributed by atoms with E-state index in [0.29, 0.717) is 10.8 Å². The van der Waals surface area contributed by atoms with E-state index in [1.807, 2.05) is 41.8 Å². The minimum atomic E-state index is -3.95. The molecule has 0 saturated heterocycles. The number of nitrogens with zero attached hydrogens (tertiary/aromatic N) is 2. The molecule has 8 heteroatoms. The molecule has 0 aliphatic heterocycles. The molecule has 2 aromatic carbocycles. The van der Waals surface area contributed by atoms with Gasteiger partial charge in [0.25, 0.3) is 0 Å². The van der Waals surface area contributed by atoms with Gasteiger partial charge in [0.1, 0.15) is 16.3 Å². The average molecular weight is 466 g/mol. The highest BCUT2D eigenvalue weighted by Gasteiger charge is 2.19. The van der Waals surface area contributed by atoms with E-state index >= 15 is 0 Å². The third-order valence-electron chi connectivity index (χ3n) is 4.73. The van der Waals surface area contributed by atoms with Gasteiger partial charge in [-0.1, -0.05) is 45.0 Å². The Labute approximate surface area is 192 Å². The van der Waals surface area contributed by atoms with Gasteiger partial charge in [0.15, 0.2) is 5.13 Å². The first kappa shape index (κ1) is 22.0. The molecule has 0 saturated carbocycles. The van der Waals surface area contributed by atoms with Crippen LogP contribution in [0.15, 0.2) is 83.2 Å². The molecule has 0 amide bonds. The van der Waals surface area contributed by atoms with Crippen molar-refractivity contribution in [3.05, 3.63) is 83.9 Å². The number of thiazole rings is 1. The maximum absolute atomic E-state index is 12.7. The summed E-state index contributed by atoms with van der Waals surface area (Å²) in [6.07, 6.45) is 1.72. The largest absolute Gasteiger partial charge is 0.379 e. The second-order valence-corrected chi connectivity index (χ2v) is 10.6. The third-order valence-corrected chi connectivity index (χ3v) is 6.75. The minimum Gasteiger partial charge on any atom is -0.379 e. The molecule has 0 atom stereocenters. The second kappa shape index (κ2) is 8.72. The van der Waals surface area contributed by atoms with Crippen LogP contribution in [-0.4, -0.2) is 18.4 Å². The fraction of sp³-hybridized carbons (Fsp3) is 0.167. The molecular formula is C24H23N3O3S2. The fourth-order valence-electron chi connectivity index (χ4n) is 3.01. The third kappa shape index (κ3) is 5.15. The summed E-state index contributed by atoms with van der Waals surface area (Å²) in [4.78, 5) is 8.96. The molecule has 4 aromatic rings. The van der Waals surface area contributed by atoms with Crippen LogP contribution in [0.2, 0.25) is 0 Å². The second-order valence-electron chi connectivity index (χ2n) is 8.22. The first-order chi connectivity index (χ1) is 15.2. The predicted molar refractivity (Wildman–Crippen MR) is 128 cm³/mol. The Hall–Kier alpha value is -3.23. The summed E-state index contributed by atoms with van der Waals surface area (Å²) in [6, 6.07) is 19.2. The molecule has 0 radical (unpaired) electrons. The highest BCUT2D eigenvalue weighted by atomic mass is 32.2. The van der Waals surface area contributed by atoms with Gasteiger partial charge < -0.3 is 9.50 Å². The van der Waals surface area contributed by atoms with Crippen molar-refractivity contribution in [1.82, 2.24) is 9.97 Å². The van der Waals surface area contributed by atoms with Crippen LogP contribution in [0.3, 0.4) is 0 Å². The number of rotatable bonds is 6. The molecule has 6 nitrogen and oxygen atoms in total. The molecule has 2 heterocycles. The van der Waals surface area contributed by atoms with E-state index in [0.717, 1.165) is 17.0 Å². The molecule has 4 rings (SSSR count). The van der Waals surface area contributed by atoms with Gasteiger partial charge in [-0.05, 0) is 47.4 Å². The van der Waals surface area contributed by atoms with Crippen LogP contribution in [0.1, 0.15) is 26.3 Å². The topological polar surface area (TPSA) is 81.2 Å². The smallest absolute Gasteiger partial charge is 0.339 e. The first-order valence-electron chi connectivity index (χ1n) is 10.00. The van der Waals surface area contributed by atoms with Crippen LogP contribution in [0.25, 0.3) is 11.4 Å². The van der Waals surface area contributed by atoms with E-state index in [1.54, 1.807) is 36.5 Å². The number of hydrogen-bond acceptors (Lipinski definition) is 7. The molecular weight excluding hydrogens is 442 g/mol. The van der Waals surface area contributed by atoms with Crippen molar-refractivity contribution in [2.45, 2.75) is 31.1 Å². The maximum atomic E-state index is 12.7. The summed E-state index contributed by atoms with van der Waals surface area (Å²) >= 11 is 1.44. The Bertz CT molecular complexity index is 1310. The lowest BCUT2D eigenvalue weighted by Gasteiger charge is -2.19. The number of nitrogens with one attached hydrogen (secondary N) is 1. The van der Waals surface area contributed by atoms with Crippen LogP contribution in [0.5, 0.6) is 5.75 Å². The Balaban J connectivity index is 1.49. The molecule has 0 unspecified atom stereocenters. The standard InChI is InChI=1S/C24H23N3O3S2/c1-24(2,3)17-10-12-20(13-11-17)32(28,29)30-19-8-6-7-18(15-19)26-23-27-22(16-31-23)21-9-4-5-14-25-21/h4-16H,1-3H3,(H,26,27). The van der Waals surface area contributed by atoms with Crippen LogP contribution in [-0.2, 0) is 15.5 Å². The number of benzene rings is 2. The Morgan fingerprint density at radius 2 is 1.72 bits per heavy atom. The molecule has 164 valence electrons. The number of aromatic nitrogens is 2. The van der Waals surface area contributed by atoms with Crippen LogP contribution in [0.4, 0.5) is 10.8 Å². The molecule has 2 aromatic heterocycles. The van der Waals surface area contributed by atoms with Gasteiger partial charge in [0.05, 0.1) is 5.69 Å². The van der Waals surface area contributed by atoms with Gasteiger partial charge in [0.2, 0.25) is 0 Å². The lowest BCUT2D eigenvalue weighted by molar-refractivity contribution is 0.486. The SMILES string of the molecule is CC(C)(C)c1ccc(S(=O)(=O)Oc2cccc(Nc3nc(-c4ccccn4)cs3)c2)cc1. The normalized spacial score (nSPS) is 11.8. The van der Waals surface area contributed by atoms with Crippen molar-refractivity contribution in [2.24, 2.45) is 0 Å². The van der Waals surface area contributed by atoms with E-state index in [1.165, 1.54) is 11.3 Å². The van der Waals surface area contributed by atoms with Crippen molar-refractivity contribution >= 4 is 32.3 Å². The van der Waals surface area contributed by atoms with E-state index in [-0.39, 0.29) is 16.1 Å². The zero-order valence-corrected chi connectivity index (χ0v) is 19.6. The quantitative estimate of drug-likeness (QED) is 0.351. The zero-order chi connectivity index (χ0) is 22.8. The van der Waals surface area contributed by atoms with Gasteiger partial charge in [0, 0.05) is 23.3 Å². The summed E-state index contributed by atoms with van der Waals surface area (Å²) in [7, 11) is -3.95. The summed E-state index contributed by atoms with van der Waals surface area (Å²) in [5, 5.41) is 5.77. The van der Waals surface area contributed by atoms with E-state index in [2.05, 4.69) is 36.1 Å². The Kier molecular flexibility index (Phi) is 5.99. The van der Waals surface area contributed by atoms with Crippen LogP contribution in [0, 0.1) is 0 Å². The van der Waals surface area contributed by atoms with E-state index < -0.39 is 10.1 Å². The van der Waals surface area contributed by atoms with Crippen molar-refractivity contribution < 1.29 is 12.6 Å². The summed E-state index contributed by atoms with van der Waals surface area (Å²) < 4.78 is 30.8. The Morgan fingerprint density at radius 3 is 2.41 bits per heavy atom. The fourth-order valence-corrected chi connectivity index (χ4v) is 4.66. The van der Waals surface area contributed by atoms with E-state index in [4.69, 9.17) is 4.18 Å². The number of pyridine rings is 1. The van der Waals surface area contributed by atoms with Crippen LogP contribution >= 0.6 is 11.3 Å². The molecule has 0 bridgehead atoms. The molecule has 0 aliphatic rings. The van der Waals surface area contributed by atoms with Crippen molar-refractivity contribution in [2.75, 3.05) is 5.32 Å². The molecule has 1 N–H and O–H groups in total. The molecule has 0 fully saturated rings. The van der Waals surface area contributed by atoms with Gasteiger partial charge >= 0.3 is 10.1 Å². The van der Waals surface area contributed by atoms with Crippen molar-refractivity contribution in [3.8, 4) is 17.1 Å². The minimum absolute atomic E-state index is 0.0601. The van der Waals surface area contributed by atoms with Crippen molar-refractivity contribution in [3.63, 3.8) is 0 Å². The molecule has 0 spiro atoms. The zero-order valence-electron chi connectivity index (χ0n) is 17.9. The predicted octanol–water partition coefficient (Wildman–Crippen LogP) is 6.01.